The van der Waals surface area contributed by atoms with Gasteiger partial charge in [0.1, 0.15) is 0 Å². The molecule has 2 aromatic carbocycles. The fourth-order valence-electron chi connectivity index (χ4n) is 2.84. The predicted molar refractivity (Wildman–Crippen MR) is 100 cm³/mol. The molecule has 0 spiro atoms. The zero-order chi connectivity index (χ0) is 18.2. The van der Waals surface area contributed by atoms with Crippen molar-refractivity contribution in [3.05, 3.63) is 70.8 Å². The second-order valence-corrected chi connectivity index (χ2v) is 6.36. The van der Waals surface area contributed by atoms with Gasteiger partial charge in [-0.1, -0.05) is 54.4 Å². The molecule has 0 fully saturated rings. The van der Waals surface area contributed by atoms with E-state index in [4.69, 9.17) is 0 Å². The Morgan fingerprint density at radius 3 is 2.24 bits per heavy atom. The van der Waals surface area contributed by atoms with Crippen LogP contribution in [0.5, 0.6) is 0 Å². The summed E-state index contributed by atoms with van der Waals surface area (Å²) in [6.07, 6.45) is 0.879. The first-order valence-corrected chi connectivity index (χ1v) is 8.67. The summed E-state index contributed by atoms with van der Waals surface area (Å²) >= 11 is 0. The second-order valence-electron chi connectivity index (χ2n) is 6.36. The van der Waals surface area contributed by atoms with Gasteiger partial charge in [-0.15, -0.1) is 0 Å². The Bertz CT molecular complexity index is 706. The van der Waals surface area contributed by atoms with Crippen molar-refractivity contribution in [1.29, 1.82) is 0 Å². The molecule has 0 atom stereocenters. The van der Waals surface area contributed by atoms with Crippen molar-refractivity contribution in [1.82, 2.24) is 10.2 Å². The van der Waals surface area contributed by atoms with Gasteiger partial charge in [0.2, 0.25) is 5.91 Å². The standard InChI is InChI=1S/C21H26N2O2/c1-4-10-23(15-18-8-6-5-7-9-18)20(24)14-22-21(25)19-12-16(2)11-17(3)13-19/h5-9,11-13H,4,10,14-15H2,1-3H3,(H,22,25). The topological polar surface area (TPSA) is 49.4 Å². The van der Waals surface area contributed by atoms with E-state index in [1.807, 2.05) is 69.3 Å². The Balaban J connectivity index is 1.97. The number of rotatable bonds is 7. The molecule has 0 bridgehead atoms. The van der Waals surface area contributed by atoms with E-state index in [0.717, 1.165) is 23.1 Å². The number of benzene rings is 2. The van der Waals surface area contributed by atoms with Crippen molar-refractivity contribution < 1.29 is 9.59 Å². The normalized spacial score (nSPS) is 10.4. The number of carbonyl (C=O) groups is 2. The molecule has 2 rings (SSSR count). The third-order valence-electron chi connectivity index (χ3n) is 3.95. The average molecular weight is 338 g/mol. The van der Waals surface area contributed by atoms with Crippen LogP contribution in [0.15, 0.2) is 48.5 Å². The van der Waals surface area contributed by atoms with Gasteiger partial charge in [-0.05, 0) is 38.0 Å². The molecular weight excluding hydrogens is 312 g/mol. The van der Waals surface area contributed by atoms with Crippen molar-refractivity contribution in [2.24, 2.45) is 0 Å². The van der Waals surface area contributed by atoms with Crippen molar-refractivity contribution in [2.75, 3.05) is 13.1 Å². The average Bonchev–Trinajstić information content (AvgIpc) is 2.59. The molecule has 1 N–H and O–H groups in total. The summed E-state index contributed by atoms with van der Waals surface area (Å²) in [6.45, 7) is 7.20. The predicted octanol–water partition coefficient (Wildman–Crippen LogP) is 3.47. The van der Waals surface area contributed by atoms with E-state index >= 15 is 0 Å². The molecule has 0 aliphatic heterocycles. The minimum absolute atomic E-state index is 0.0126. The summed E-state index contributed by atoms with van der Waals surface area (Å²) in [5.41, 5.74) is 3.75. The molecule has 2 amide bonds. The Morgan fingerprint density at radius 2 is 1.64 bits per heavy atom. The Labute approximate surface area is 149 Å². The van der Waals surface area contributed by atoms with Gasteiger partial charge in [-0.25, -0.2) is 0 Å². The fourth-order valence-corrected chi connectivity index (χ4v) is 2.84. The van der Waals surface area contributed by atoms with Crippen LogP contribution in [0.4, 0.5) is 0 Å². The lowest BCUT2D eigenvalue weighted by Gasteiger charge is -2.22. The van der Waals surface area contributed by atoms with Crippen LogP contribution in [0, 0.1) is 13.8 Å². The van der Waals surface area contributed by atoms with E-state index in [0.29, 0.717) is 18.7 Å². The van der Waals surface area contributed by atoms with Crippen molar-refractivity contribution >= 4 is 11.8 Å². The molecule has 132 valence electrons. The summed E-state index contributed by atoms with van der Waals surface area (Å²) in [5, 5.41) is 2.75. The molecule has 0 unspecified atom stereocenters. The molecular formula is C21H26N2O2. The van der Waals surface area contributed by atoms with Crippen LogP contribution in [-0.2, 0) is 11.3 Å². The highest BCUT2D eigenvalue weighted by Gasteiger charge is 2.15. The lowest BCUT2D eigenvalue weighted by atomic mass is 10.1. The van der Waals surface area contributed by atoms with Crippen molar-refractivity contribution in [3.63, 3.8) is 0 Å². The summed E-state index contributed by atoms with van der Waals surface area (Å²) in [5.74, 6) is -0.278. The first-order chi connectivity index (χ1) is 12.0. The molecule has 0 radical (unpaired) electrons. The number of hydrogen-bond acceptors (Lipinski definition) is 2. The van der Waals surface area contributed by atoms with E-state index in [2.05, 4.69) is 5.32 Å². The van der Waals surface area contributed by atoms with E-state index in [-0.39, 0.29) is 18.4 Å². The van der Waals surface area contributed by atoms with Gasteiger partial charge in [0, 0.05) is 18.7 Å². The fraction of sp³-hybridized carbons (Fsp3) is 0.333. The van der Waals surface area contributed by atoms with Gasteiger partial charge in [-0.3, -0.25) is 9.59 Å². The molecule has 0 aliphatic carbocycles. The third-order valence-corrected chi connectivity index (χ3v) is 3.95. The number of aryl methyl sites for hydroxylation is 2. The van der Waals surface area contributed by atoms with Gasteiger partial charge < -0.3 is 10.2 Å². The highest BCUT2D eigenvalue weighted by molar-refractivity contribution is 5.96. The van der Waals surface area contributed by atoms with Crippen LogP contribution in [0.1, 0.15) is 40.4 Å². The van der Waals surface area contributed by atoms with Crippen LogP contribution in [0.3, 0.4) is 0 Å². The zero-order valence-electron chi connectivity index (χ0n) is 15.2. The Hall–Kier alpha value is -2.62. The first kappa shape index (κ1) is 18.7. The van der Waals surface area contributed by atoms with Gasteiger partial charge in [0.05, 0.1) is 6.54 Å². The number of carbonyl (C=O) groups excluding carboxylic acids is 2. The van der Waals surface area contributed by atoms with Crippen LogP contribution in [0.2, 0.25) is 0 Å². The van der Waals surface area contributed by atoms with E-state index < -0.39 is 0 Å². The highest BCUT2D eigenvalue weighted by atomic mass is 16.2. The summed E-state index contributed by atoms with van der Waals surface area (Å²) in [6, 6.07) is 15.6. The second kappa shape index (κ2) is 9.02. The Kier molecular flexibility index (Phi) is 6.75. The molecule has 4 nitrogen and oxygen atoms in total. The molecule has 4 heteroatoms. The molecule has 2 aromatic rings. The third kappa shape index (κ3) is 5.75. The van der Waals surface area contributed by atoms with E-state index in [1.165, 1.54) is 0 Å². The molecule has 0 saturated carbocycles. The number of hydrogen-bond donors (Lipinski definition) is 1. The minimum Gasteiger partial charge on any atom is -0.343 e. The molecule has 0 heterocycles. The van der Waals surface area contributed by atoms with Gasteiger partial charge in [0.25, 0.3) is 5.91 Å². The molecule has 25 heavy (non-hydrogen) atoms. The number of nitrogens with zero attached hydrogens (tertiary/aromatic N) is 1. The molecule has 0 saturated heterocycles. The first-order valence-electron chi connectivity index (χ1n) is 8.67. The lowest BCUT2D eigenvalue weighted by Crippen LogP contribution is -2.40. The highest BCUT2D eigenvalue weighted by Crippen LogP contribution is 2.09. The lowest BCUT2D eigenvalue weighted by molar-refractivity contribution is -0.130. The largest absolute Gasteiger partial charge is 0.343 e. The van der Waals surface area contributed by atoms with E-state index in [9.17, 15) is 9.59 Å². The van der Waals surface area contributed by atoms with Crippen LogP contribution in [-0.4, -0.2) is 29.8 Å². The number of amides is 2. The van der Waals surface area contributed by atoms with Gasteiger partial charge in [0.15, 0.2) is 0 Å². The van der Waals surface area contributed by atoms with Gasteiger partial charge in [-0.2, -0.15) is 0 Å². The Morgan fingerprint density at radius 1 is 1.00 bits per heavy atom. The SMILES string of the molecule is CCCN(Cc1ccccc1)C(=O)CNC(=O)c1cc(C)cc(C)c1. The van der Waals surface area contributed by atoms with Crippen LogP contribution < -0.4 is 5.32 Å². The van der Waals surface area contributed by atoms with E-state index in [1.54, 1.807) is 4.90 Å². The maximum atomic E-state index is 12.5. The maximum Gasteiger partial charge on any atom is 0.251 e. The van der Waals surface area contributed by atoms with Crippen molar-refractivity contribution in [3.8, 4) is 0 Å². The molecule has 0 aliphatic rings. The van der Waals surface area contributed by atoms with Gasteiger partial charge >= 0.3 is 0 Å². The maximum absolute atomic E-state index is 12.5. The monoisotopic (exact) mass is 338 g/mol. The van der Waals surface area contributed by atoms with Crippen molar-refractivity contribution in [2.45, 2.75) is 33.7 Å². The molecule has 0 aromatic heterocycles. The smallest absolute Gasteiger partial charge is 0.251 e. The quantitative estimate of drug-likeness (QED) is 0.840. The minimum atomic E-state index is -0.212. The zero-order valence-corrected chi connectivity index (χ0v) is 15.2. The summed E-state index contributed by atoms with van der Waals surface area (Å²) in [7, 11) is 0. The number of nitrogens with one attached hydrogen (secondary N) is 1. The summed E-state index contributed by atoms with van der Waals surface area (Å²) < 4.78 is 0. The van der Waals surface area contributed by atoms with Crippen LogP contribution >= 0.6 is 0 Å². The summed E-state index contributed by atoms with van der Waals surface area (Å²) in [4.78, 5) is 26.6. The van der Waals surface area contributed by atoms with Crippen LogP contribution in [0.25, 0.3) is 0 Å².